The van der Waals surface area contributed by atoms with Crippen molar-refractivity contribution in [1.82, 2.24) is 5.32 Å². The number of rotatable bonds is 4. The zero-order chi connectivity index (χ0) is 14.8. The first-order valence-electron chi connectivity index (χ1n) is 6.82. The van der Waals surface area contributed by atoms with Gasteiger partial charge in [-0.1, -0.05) is 36.2 Å². The summed E-state index contributed by atoms with van der Waals surface area (Å²) < 4.78 is 23.4. The van der Waals surface area contributed by atoms with Crippen LogP contribution in [0.15, 0.2) is 18.2 Å². The topological polar surface area (TPSA) is 46.2 Å². The van der Waals surface area contributed by atoms with E-state index in [1.54, 1.807) is 6.07 Å². The molecule has 3 nitrogen and oxygen atoms in total. The van der Waals surface area contributed by atoms with Crippen LogP contribution in [0.2, 0.25) is 10.0 Å². The van der Waals surface area contributed by atoms with Gasteiger partial charge >= 0.3 is 0 Å². The molecule has 0 radical (unpaired) electrons. The normalized spacial score (nSPS) is 23.4. The summed E-state index contributed by atoms with van der Waals surface area (Å²) in [5.41, 5.74) is 1.05. The molecule has 1 fully saturated rings. The van der Waals surface area contributed by atoms with Gasteiger partial charge in [0.2, 0.25) is 0 Å². The van der Waals surface area contributed by atoms with E-state index in [0.29, 0.717) is 15.8 Å². The van der Waals surface area contributed by atoms with E-state index in [1.807, 2.05) is 12.1 Å². The first-order valence-corrected chi connectivity index (χ1v) is 9.40. The monoisotopic (exact) mass is 335 g/mol. The second-order valence-corrected chi connectivity index (χ2v) is 8.30. The molecule has 6 heteroatoms. The van der Waals surface area contributed by atoms with Crippen LogP contribution in [0.5, 0.6) is 0 Å². The predicted molar refractivity (Wildman–Crippen MR) is 84.3 cm³/mol. The van der Waals surface area contributed by atoms with Crippen molar-refractivity contribution in [2.75, 3.05) is 11.5 Å². The van der Waals surface area contributed by atoms with E-state index in [4.69, 9.17) is 23.2 Å². The van der Waals surface area contributed by atoms with Gasteiger partial charge in [0.15, 0.2) is 9.84 Å². The fraction of sp³-hybridized carbons (Fsp3) is 0.571. The van der Waals surface area contributed by atoms with Gasteiger partial charge in [0, 0.05) is 12.1 Å². The highest BCUT2D eigenvalue weighted by molar-refractivity contribution is 7.91. The van der Waals surface area contributed by atoms with Gasteiger partial charge in [-0.05, 0) is 37.0 Å². The highest BCUT2D eigenvalue weighted by atomic mass is 35.5. The smallest absolute Gasteiger partial charge is 0.151 e. The van der Waals surface area contributed by atoms with Crippen molar-refractivity contribution >= 4 is 33.0 Å². The molecule has 0 aromatic heterocycles. The van der Waals surface area contributed by atoms with Crippen LogP contribution < -0.4 is 5.32 Å². The van der Waals surface area contributed by atoms with Crippen molar-refractivity contribution in [3.05, 3.63) is 33.8 Å². The Kier molecular flexibility index (Phi) is 5.35. The van der Waals surface area contributed by atoms with Crippen molar-refractivity contribution in [2.24, 2.45) is 0 Å². The molecule has 0 aliphatic carbocycles. The lowest BCUT2D eigenvalue weighted by molar-refractivity contribution is 0.414. The molecule has 1 aromatic rings. The highest BCUT2D eigenvalue weighted by Gasteiger charge is 2.26. The van der Waals surface area contributed by atoms with Gasteiger partial charge in [-0.2, -0.15) is 0 Å². The van der Waals surface area contributed by atoms with Gasteiger partial charge < -0.3 is 5.32 Å². The third kappa shape index (κ3) is 4.10. The van der Waals surface area contributed by atoms with Crippen LogP contribution in [-0.4, -0.2) is 26.0 Å². The molecule has 112 valence electrons. The number of sulfone groups is 1. The highest BCUT2D eigenvalue weighted by Crippen LogP contribution is 2.28. The van der Waals surface area contributed by atoms with Crippen LogP contribution in [0, 0.1) is 0 Å². The van der Waals surface area contributed by atoms with Crippen LogP contribution in [-0.2, 0) is 9.84 Å². The van der Waals surface area contributed by atoms with Gasteiger partial charge in [0.25, 0.3) is 0 Å². The molecule has 0 saturated carbocycles. The SMILES string of the molecule is CCC(NC1CCCS(=O)(=O)C1)c1ccc(Cl)c(Cl)c1. The molecular formula is C14H19Cl2NO2S. The van der Waals surface area contributed by atoms with E-state index in [2.05, 4.69) is 12.2 Å². The fourth-order valence-electron chi connectivity index (χ4n) is 2.62. The maximum absolute atomic E-state index is 11.7. The molecule has 1 aliphatic heterocycles. The third-order valence-electron chi connectivity index (χ3n) is 3.65. The molecule has 1 N–H and O–H groups in total. The Balaban J connectivity index is 2.10. The molecule has 0 bridgehead atoms. The van der Waals surface area contributed by atoms with Crippen LogP contribution in [0.3, 0.4) is 0 Å². The quantitative estimate of drug-likeness (QED) is 0.914. The minimum absolute atomic E-state index is 0.0214. The fourth-order valence-corrected chi connectivity index (χ4v) is 4.57. The molecule has 0 spiro atoms. The van der Waals surface area contributed by atoms with Gasteiger partial charge in [-0.15, -0.1) is 0 Å². The van der Waals surface area contributed by atoms with Crippen molar-refractivity contribution < 1.29 is 8.42 Å². The minimum Gasteiger partial charge on any atom is -0.306 e. The number of halogens is 2. The Labute approximate surface area is 130 Å². The zero-order valence-corrected chi connectivity index (χ0v) is 13.7. The van der Waals surface area contributed by atoms with Crippen molar-refractivity contribution in [1.29, 1.82) is 0 Å². The Hall–Kier alpha value is -0.290. The summed E-state index contributed by atoms with van der Waals surface area (Å²) >= 11 is 12.0. The van der Waals surface area contributed by atoms with Gasteiger partial charge in [-0.3, -0.25) is 0 Å². The summed E-state index contributed by atoms with van der Waals surface area (Å²) in [4.78, 5) is 0. The average molecular weight is 336 g/mol. The minimum atomic E-state index is -2.89. The number of hydrogen-bond donors (Lipinski definition) is 1. The van der Waals surface area contributed by atoms with Gasteiger partial charge in [0.05, 0.1) is 21.6 Å². The lowest BCUT2D eigenvalue weighted by Gasteiger charge is -2.28. The molecular weight excluding hydrogens is 317 g/mol. The maximum Gasteiger partial charge on any atom is 0.151 e. The van der Waals surface area contributed by atoms with E-state index in [1.165, 1.54) is 0 Å². The molecule has 1 saturated heterocycles. The Morgan fingerprint density at radius 2 is 2.10 bits per heavy atom. The molecule has 2 rings (SSSR count). The van der Waals surface area contributed by atoms with Gasteiger partial charge in [-0.25, -0.2) is 8.42 Å². The molecule has 1 aliphatic rings. The van der Waals surface area contributed by atoms with E-state index in [9.17, 15) is 8.42 Å². The predicted octanol–water partition coefficient (Wildman–Crippen LogP) is 3.61. The van der Waals surface area contributed by atoms with E-state index >= 15 is 0 Å². The first kappa shape index (κ1) is 16.1. The number of hydrogen-bond acceptors (Lipinski definition) is 3. The summed E-state index contributed by atoms with van der Waals surface area (Å²) in [5, 5.41) is 4.50. The average Bonchev–Trinajstić information content (AvgIpc) is 2.38. The van der Waals surface area contributed by atoms with Gasteiger partial charge in [0.1, 0.15) is 0 Å². The second-order valence-electron chi connectivity index (χ2n) is 5.25. The van der Waals surface area contributed by atoms with E-state index < -0.39 is 9.84 Å². The van der Waals surface area contributed by atoms with Crippen molar-refractivity contribution in [3.63, 3.8) is 0 Å². The molecule has 0 amide bonds. The lowest BCUT2D eigenvalue weighted by atomic mass is 10.0. The molecule has 20 heavy (non-hydrogen) atoms. The molecule has 2 atom stereocenters. The zero-order valence-electron chi connectivity index (χ0n) is 11.4. The summed E-state index contributed by atoms with van der Waals surface area (Å²) in [6.45, 7) is 2.07. The van der Waals surface area contributed by atoms with Crippen molar-refractivity contribution in [3.8, 4) is 0 Å². The standard InChI is InChI=1S/C14H19Cl2NO2S/c1-2-14(10-5-6-12(15)13(16)8-10)17-11-4-3-7-20(18,19)9-11/h5-6,8,11,14,17H,2-4,7,9H2,1H3. The van der Waals surface area contributed by atoms with Crippen LogP contribution in [0.1, 0.15) is 37.8 Å². The molecule has 1 heterocycles. The van der Waals surface area contributed by atoms with E-state index in [0.717, 1.165) is 24.8 Å². The Bertz CT molecular complexity index is 575. The van der Waals surface area contributed by atoms with Crippen LogP contribution >= 0.6 is 23.2 Å². The van der Waals surface area contributed by atoms with E-state index in [-0.39, 0.29) is 17.8 Å². The Morgan fingerprint density at radius 1 is 1.35 bits per heavy atom. The molecule has 2 unspecified atom stereocenters. The Morgan fingerprint density at radius 3 is 2.70 bits per heavy atom. The number of benzene rings is 1. The molecule has 1 aromatic carbocycles. The number of nitrogens with one attached hydrogen (secondary N) is 1. The summed E-state index contributed by atoms with van der Waals surface area (Å²) in [6.07, 6.45) is 2.50. The summed E-state index contributed by atoms with van der Waals surface area (Å²) in [6, 6.07) is 5.69. The van der Waals surface area contributed by atoms with Crippen LogP contribution in [0.4, 0.5) is 0 Å². The lowest BCUT2D eigenvalue weighted by Crippen LogP contribution is -2.41. The maximum atomic E-state index is 11.7. The summed E-state index contributed by atoms with van der Waals surface area (Å²) in [5.74, 6) is 0.541. The van der Waals surface area contributed by atoms with Crippen LogP contribution in [0.25, 0.3) is 0 Å². The second kappa shape index (κ2) is 6.65. The first-order chi connectivity index (χ1) is 9.41. The third-order valence-corrected chi connectivity index (χ3v) is 6.21. The van der Waals surface area contributed by atoms with Crippen molar-refractivity contribution in [2.45, 2.75) is 38.3 Å². The largest absolute Gasteiger partial charge is 0.306 e. The summed E-state index contributed by atoms with van der Waals surface area (Å²) in [7, 11) is -2.89.